The van der Waals surface area contributed by atoms with Gasteiger partial charge in [0.15, 0.2) is 0 Å². The second-order valence-corrected chi connectivity index (χ2v) is 4.78. The number of nitrogens with one attached hydrogen (secondary N) is 1. The molecular formula is C15H21FN2O2. The third-order valence-corrected chi connectivity index (χ3v) is 3.10. The number of nitrogens with two attached hydrogens (primary N) is 1. The lowest BCUT2D eigenvalue weighted by molar-refractivity contribution is -0.120. The van der Waals surface area contributed by atoms with Crippen molar-refractivity contribution >= 4 is 11.8 Å². The Kier molecular flexibility index (Phi) is 6.70. The first-order valence-corrected chi connectivity index (χ1v) is 6.90. The Balaban J connectivity index is 2.54. The first kappa shape index (κ1) is 16.1. The fourth-order valence-corrected chi connectivity index (χ4v) is 1.90. The molecule has 1 atom stereocenters. The van der Waals surface area contributed by atoms with Gasteiger partial charge in [0.05, 0.1) is 0 Å². The van der Waals surface area contributed by atoms with Crippen LogP contribution in [0, 0.1) is 5.82 Å². The number of rotatable bonds is 8. The molecule has 0 fully saturated rings. The van der Waals surface area contributed by atoms with Crippen LogP contribution in [0.2, 0.25) is 0 Å². The number of benzene rings is 1. The van der Waals surface area contributed by atoms with E-state index in [0.29, 0.717) is 12.0 Å². The van der Waals surface area contributed by atoms with Crippen LogP contribution < -0.4 is 11.1 Å². The van der Waals surface area contributed by atoms with Gasteiger partial charge in [0, 0.05) is 5.56 Å². The topological polar surface area (TPSA) is 72.2 Å². The number of amides is 2. The molecule has 0 saturated heterocycles. The van der Waals surface area contributed by atoms with Crippen molar-refractivity contribution in [2.24, 2.45) is 5.73 Å². The Morgan fingerprint density at radius 2 is 1.85 bits per heavy atom. The van der Waals surface area contributed by atoms with Crippen molar-refractivity contribution in [3.63, 3.8) is 0 Å². The number of unbranched alkanes of at least 4 members (excludes halogenated alkanes) is 3. The Hall–Kier alpha value is -1.91. The lowest BCUT2D eigenvalue weighted by atomic mass is 10.1. The average Bonchev–Trinajstić information content (AvgIpc) is 2.42. The molecule has 0 saturated carbocycles. The van der Waals surface area contributed by atoms with Crippen molar-refractivity contribution in [3.05, 3.63) is 35.6 Å². The number of hydrogen-bond acceptors (Lipinski definition) is 2. The summed E-state index contributed by atoms with van der Waals surface area (Å²) in [4.78, 5) is 23.3. The van der Waals surface area contributed by atoms with Crippen molar-refractivity contribution < 1.29 is 14.0 Å². The van der Waals surface area contributed by atoms with Crippen LogP contribution >= 0.6 is 0 Å². The summed E-state index contributed by atoms with van der Waals surface area (Å²) in [5.41, 5.74) is 5.60. The number of halogens is 1. The third kappa shape index (κ3) is 5.38. The van der Waals surface area contributed by atoms with E-state index in [0.717, 1.165) is 25.7 Å². The molecule has 0 spiro atoms. The van der Waals surface area contributed by atoms with Crippen molar-refractivity contribution in [2.75, 3.05) is 0 Å². The van der Waals surface area contributed by atoms with Gasteiger partial charge >= 0.3 is 0 Å². The van der Waals surface area contributed by atoms with Crippen LogP contribution in [-0.2, 0) is 4.79 Å². The highest BCUT2D eigenvalue weighted by atomic mass is 19.1. The van der Waals surface area contributed by atoms with Gasteiger partial charge in [0.1, 0.15) is 11.9 Å². The maximum Gasteiger partial charge on any atom is 0.251 e. The van der Waals surface area contributed by atoms with Crippen molar-refractivity contribution in [1.29, 1.82) is 0 Å². The highest BCUT2D eigenvalue weighted by molar-refractivity contribution is 5.97. The van der Waals surface area contributed by atoms with Gasteiger partial charge in [0.25, 0.3) is 5.91 Å². The largest absolute Gasteiger partial charge is 0.368 e. The summed E-state index contributed by atoms with van der Waals surface area (Å²) < 4.78 is 12.8. The average molecular weight is 280 g/mol. The van der Waals surface area contributed by atoms with E-state index < -0.39 is 23.7 Å². The van der Waals surface area contributed by atoms with E-state index in [1.165, 1.54) is 24.3 Å². The van der Waals surface area contributed by atoms with Crippen LogP contribution in [0.4, 0.5) is 4.39 Å². The van der Waals surface area contributed by atoms with Gasteiger partial charge in [-0.25, -0.2) is 4.39 Å². The predicted molar refractivity (Wildman–Crippen MR) is 75.6 cm³/mol. The third-order valence-electron chi connectivity index (χ3n) is 3.10. The maximum absolute atomic E-state index is 12.8. The molecule has 0 unspecified atom stereocenters. The highest BCUT2D eigenvalue weighted by Gasteiger charge is 2.18. The van der Waals surface area contributed by atoms with E-state index >= 15 is 0 Å². The fraction of sp³-hybridized carbons (Fsp3) is 0.467. The van der Waals surface area contributed by atoms with E-state index in [-0.39, 0.29) is 0 Å². The van der Waals surface area contributed by atoms with Crippen LogP contribution in [0.25, 0.3) is 0 Å². The molecule has 20 heavy (non-hydrogen) atoms. The van der Waals surface area contributed by atoms with Crippen LogP contribution in [0.1, 0.15) is 49.4 Å². The van der Waals surface area contributed by atoms with Crippen LogP contribution in [0.3, 0.4) is 0 Å². The zero-order valence-electron chi connectivity index (χ0n) is 11.7. The maximum atomic E-state index is 12.8. The molecule has 110 valence electrons. The van der Waals surface area contributed by atoms with Gasteiger partial charge in [-0.3, -0.25) is 9.59 Å². The van der Waals surface area contributed by atoms with E-state index in [2.05, 4.69) is 12.2 Å². The predicted octanol–water partition coefficient (Wildman–Crippen LogP) is 2.38. The standard InChI is InChI=1S/C15H21FN2O2/c1-2-3-4-5-6-13(14(17)19)18-15(20)11-7-9-12(16)10-8-11/h7-10,13H,2-6H2,1H3,(H2,17,19)(H,18,20)/t13-/m1/s1. The number of carbonyl (C=O) groups is 2. The first-order chi connectivity index (χ1) is 9.54. The van der Waals surface area contributed by atoms with Gasteiger partial charge < -0.3 is 11.1 Å². The minimum atomic E-state index is -0.676. The summed E-state index contributed by atoms with van der Waals surface area (Å²) in [6.45, 7) is 2.10. The number of hydrogen-bond donors (Lipinski definition) is 2. The minimum Gasteiger partial charge on any atom is -0.368 e. The smallest absolute Gasteiger partial charge is 0.251 e. The van der Waals surface area contributed by atoms with Gasteiger partial charge in [-0.1, -0.05) is 32.6 Å². The van der Waals surface area contributed by atoms with Gasteiger partial charge in [-0.2, -0.15) is 0 Å². The highest BCUT2D eigenvalue weighted by Crippen LogP contribution is 2.07. The molecular weight excluding hydrogens is 259 g/mol. The Bertz CT molecular complexity index is 446. The summed E-state index contributed by atoms with van der Waals surface area (Å²) >= 11 is 0. The van der Waals surface area contributed by atoms with Crippen molar-refractivity contribution in [3.8, 4) is 0 Å². The Morgan fingerprint density at radius 1 is 1.20 bits per heavy atom. The Labute approximate surface area is 118 Å². The van der Waals surface area contributed by atoms with E-state index in [1.54, 1.807) is 0 Å². The van der Waals surface area contributed by atoms with Crippen LogP contribution in [0.15, 0.2) is 24.3 Å². The first-order valence-electron chi connectivity index (χ1n) is 6.90. The van der Waals surface area contributed by atoms with Crippen LogP contribution in [-0.4, -0.2) is 17.9 Å². The fourth-order valence-electron chi connectivity index (χ4n) is 1.90. The molecule has 0 aliphatic carbocycles. The molecule has 1 aromatic rings. The zero-order valence-corrected chi connectivity index (χ0v) is 11.7. The molecule has 0 aliphatic heterocycles. The molecule has 0 aromatic heterocycles. The Morgan fingerprint density at radius 3 is 2.40 bits per heavy atom. The molecule has 4 nitrogen and oxygen atoms in total. The second-order valence-electron chi connectivity index (χ2n) is 4.78. The molecule has 0 heterocycles. The van der Waals surface area contributed by atoms with Crippen LogP contribution in [0.5, 0.6) is 0 Å². The minimum absolute atomic E-state index is 0.311. The zero-order chi connectivity index (χ0) is 15.0. The van der Waals surface area contributed by atoms with E-state index in [9.17, 15) is 14.0 Å². The quantitative estimate of drug-likeness (QED) is 0.718. The normalized spacial score (nSPS) is 11.9. The summed E-state index contributed by atoms with van der Waals surface area (Å²) in [5.74, 6) is -1.37. The molecule has 3 N–H and O–H groups in total. The second kappa shape index (κ2) is 8.30. The summed E-state index contributed by atoms with van der Waals surface area (Å²) in [6, 6.07) is 4.48. The van der Waals surface area contributed by atoms with Gasteiger partial charge in [0.2, 0.25) is 5.91 Å². The molecule has 0 bridgehead atoms. The summed E-state index contributed by atoms with van der Waals surface area (Å²) in [5, 5.41) is 2.59. The molecule has 1 aromatic carbocycles. The summed E-state index contributed by atoms with van der Waals surface area (Å²) in [7, 11) is 0. The van der Waals surface area contributed by atoms with Gasteiger partial charge in [-0.15, -0.1) is 0 Å². The number of carbonyl (C=O) groups excluding carboxylic acids is 2. The number of primary amides is 1. The summed E-state index contributed by atoms with van der Waals surface area (Å²) in [6.07, 6.45) is 4.57. The van der Waals surface area contributed by atoms with Crippen molar-refractivity contribution in [1.82, 2.24) is 5.32 Å². The SMILES string of the molecule is CCCCCC[C@@H](NC(=O)c1ccc(F)cc1)C(N)=O. The van der Waals surface area contributed by atoms with E-state index in [1.807, 2.05) is 0 Å². The molecule has 2 amide bonds. The lowest BCUT2D eigenvalue weighted by Crippen LogP contribution is -2.44. The molecule has 0 aliphatic rings. The van der Waals surface area contributed by atoms with E-state index in [4.69, 9.17) is 5.73 Å². The molecule has 1 rings (SSSR count). The molecule has 5 heteroatoms. The lowest BCUT2D eigenvalue weighted by Gasteiger charge is -2.15. The molecule has 0 radical (unpaired) electrons. The van der Waals surface area contributed by atoms with Gasteiger partial charge in [-0.05, 0) is 30.7 Å². The van der Waals surface area contributed by atoms with Crippen molar-refractivity contribution in [2.45, 2.75) is 45.1 Å². The monoisotopic (exact) mass is 280 g/mol.